The van der Waals surface area contributed by atoms with Gasteiger partial charge in [0.25, 0.3) is 0 Å². The van der Waals surface area contributed by atoms with E-state index in [1.54, 1.807) is 7.11 Å². The molecule has 3 nitrogen and oxygen atoms in total. The zero-order chi connectivity index (χ0) is 13.5. The summed E-state index contributed by atoms with van der Waals surface area (Å²) in [6, 6.07) is 8.03. The van der Waals surface area contributed by atoms with Gasteiger partial charge < -0.3 is 10.1 Å². The molecule has 1 fully saturated rings. The van der Waals surface area contributed by atoms with Gasteiger partial charge in [0, 0.05) is 5.56 Å². The van der Waals surface area contributed by atoms with Crippen LogP contribution >= 0.6 is 0 Å². The van der Waals surface area contributed by atoms with Crippen LogP contribution in [0.4, 0.5) is 0 Å². The second-order valence-electron chi connectivity index (χ2n) is 5.34. The van der Waals surface area contributed by atoms with E-state index in [0.29, 0.717) is 12.6 Å². The molecule has 1 aliphatic rings. The molecule has 0 amide bonds. The van der Waals surface area contributed by atoms with Crippen molar-refractivity contribution < 1.29 is 14.8 Å². The van der Waals surface area contributed by atoms with Crippen LogP contribution in [0.15, 0.2) is 24.3 Å². The second-order valence-corrected chi connectivity index (χ2v) is 5.34. The van der Waals surface area contributed by atoms with Gasteiger partial charge in [-0.05, 0) is 49.9 Å². The standard InChI is InChI=1S/C16H23NO2/c1-19-15-10-8-13(9-11-15)16(18)12-17-14-6-4-2-3-5-7-14/h8-11,14,17H,2-7,12H2,1H3/p+1. The van der Waals surface area contributed by atoms with Gasteiger partial charge in [-0.2, -0.15) is 0 Å². The quantitative estimate of drug-likeness (QED) is 0.653. The van der Waals surface area contributed by atoms with Crippen molar-refractivity contribution in [2.24, 2.45) is 0 Å². The van der Waals surface area contributed by atoms with Crippen molar-refractivity contribution >= 4 is 5.78 Å². The van der Waals surface area contributed by atoms with Gasteiger partial charge in [-0.15, -0.1) is 0 Å². The molecule has 1 aromatic carbocycles. The van der Waals surface area contributed by atoms with Crippen molar-refractivity contribution in [2.45, 2.75) is 44.6 Å². The molecule has 0 bridgehead atoms. The Morgan fingerprint density at radius 3 is 2.37 bits per heavy atom. The third-order valence-corrected chi connectivity index (χ3v) is 3.95. The van der Waals surface area contributed by atoms with Crippen LogP contribution in [0.25, 0.3) is 0 Å². The monoisotopic (exact) mass is 262 g/mol. The third kappa shape index (κ3) is 4.35. The molecular weight excluding hydrogens is 238 g/mol. The summed E-state index contributed by atoms with van der Waals surface area (Å²) in [5, 5.41) is 2.23. The van der Waals surface area contributed by atoms with Crippen LogP contribution in [0.2, 0.25) is 0 Å². The summed E-state index contributed by atoms with van der Waals surface area (Å²) in [4.78, 5) is 12.1. The molecule has 3 heteroatoms. The summed E-state index contributed by atoms with van der Waals surface area (Å²) < 4.78 is 5.10. The first-order chi connectivity index (χ1) is 9.29. The molecule has 104 valence electrons. The lowest BCUT2D eigenvalue weighted by Crippen LogP contribution is -2.91. The minimum atomic E-state index is 0.215. The molecule has 1 aromatic rings. The predicted molar refractivity (Wildman–Crippen MR) is 75.6 cm³/mol. The number of ether oxygens (including phenoxy) is 1. The summed E-state index contributed by atoms with van der Waals surface area (Å²) in [5.41, 5.74) is 0.783. The smallest absolute Gasteiger partial charge is 0.216 e. The van der Waals surface area contributed by atoms with E-state index in [0.717, 1.165) is 11.3 Å². The molecule has 0 aromatic heterocycles. The molecule has 0 aliphatic heterocycles. The number of hydrogen-bond donors (Lipinski definition) is 1. The molecule has 0 radical (unpaired) electrons. The van der Waals surface area contributed by atoms with Gasteiger partial charge in [-0.1, -0.05) is 12.8 Å². The lowest BCUT2D eigenvalue weighted by Gasteiger charge is -2.12. The Kier molecular flexibility index (Phi) is 5.40. The van der Waals surface area contributed by atoms with E-state index in [1.807, 2.05) is 24.3 Å². The first kappa shape index (κ1) is 14.1. The Labute approximate surface area is 115 Å². The van der Waals surface area contributed by atoms with Crippen LogP contribution in [-0.2, 0) is 0 Å². The van der Waals surface area contributed by atoms with E-state index < -0.39 is 0 Å². The van der Waals surface area contributed by atoms with E-state index in [1.165, 1.54) is 38.5 Å². The van der Waals surface area contributed by atoms with Crippen LogP contribution in [0.5, 0.6) is 5.75 Å². The van der Waals surface area contributed by atoms with Gasteiger partial charge in [0.1, 0.15) is 12.3 Å². The summed E-state index contributed by atoms with van der Waals surface area (Å²) in [5.74, 6) is 1.01. The van der Waals surface area contributed by atoms with Crippen molar-refractivity contribution in [1.82, 2.24) is 0 Å². The molecule has 1 aliphatic carbocycles. The summed E-state index contributed by atoms with van der Waals surface area (Å²) in [6.45, 7) is 0.566. The number of ketones is 1. The van der Waals surface area contributed by atoms with Crippen molar-refractivity contribution in [2.75, 3.05) is 13.7 Å². The largest absolute Gasteiger partial charge is 0.497 e. The van der Waals surface area contributed by atoms with E-state index in [2.05, 4.69) is 5.32 Å². The highest BCUT2D eigenvalue weighted by molar-refractivity contribution is 5.96. The maximum Gasteiger partial charge on any atom is 0.216 e. The third-order valence-electron chi connectivity index (χ3n) is 3.95. The van der Waals surface area contributed by atoms with Gasteiger partial charge in [-0.3, -0.25) is 4.79 Å². The summed E-state index contributed by atoms with van der Waals surface area (Å²) >= 11 is 0. The van der Waals surface area contributed by atoms with Crippen molar-refractivity contribution in [3.05, 3.63) is 29.8 Å². The van der Waals surface area contributed by atoms with Crippen LogP contribution in [-0.4, -0.2) is 25.5 Å². The van der Waals surface area contributed by atoms with Crippen molar-refractivity contribution in [1.29, 1.82) is 0 Å². The number of Topliss-reactive ketones (excluding diaryl/α,β-unsaturated/α-hetero) is 1. The molecule has 2 N–H and O–H groups in total. The number of carbonyl (C=O) groups is 1. The average molecular weight is 262 g/mol. The van der Waals surface area contributed by atoms with Crippen LogP contribution < -0.4 is 10.1 Å². The molecule has 0 saturated heterocycles. The van der Waals surface area contributed by atoms with Gasteiger partial charge in [0.05, 0.1) is 13.2 Å². The van der Waals surface area contributed by atoms with E-state index in [4.69, 9.17) is 4.74 Å². The molecule has 0 unspecified atom stereocenters. The predicted octanol–water partition coefficient (Wildman–Crippen LogP) is 2.16. The normalized spacial score (nSPS) is 16.9. The first-order valence-corrected chi connectivity index (χ1v) is 7.30. The van der Waals surface area contributed by atoms with E-state index in [-0.39, 0.29) is 5.78 Å². The van der Waals surface area contributed by atoms with Gasteiger partial charge >= 0.3 is 0 Å². The topological polar surface area (TPSA) is 42.9 Å². The minimum Gasteiger partial charge on any atom is -0.497 e. The van der Waals surface area contributed by atoms with Crippen molar-refractivity contribution in [3.63, 3.8) is 0 Å². The summed E-state index contributed by atoms with van der Waals surface area (Å²) in [6.07, 6.45) is 7.87. The highest BCUT2D eigenvalue weighted by Gasteiger charge is 2.17. The fourth-order valence-electron chi connectivity index (χ4n) is 2.72. The van der Waals surface area contributed by atoms with E-state index >= 15 is 0 Å². The zero-order valence-electron chi connectivity index (χ0n) is 11.7. The Hall–Kier alpha value is -1.35. The first-order valence-electron chi connectivity index (χ1n) is 7.30. The lowest BCUT2D eigenvalue weighted by atomic mass is 10.1. The average Bonchev–Trinajstić information content (AvgIpc) is 2.73. The van der Waals surface area contributed by atoms with Gasteiger partial charge in [0.2, 0.25) is 5.78 Å². The molecule has 0 atom stereocenters. The SMILES string of the molecule is COc1ccc(C(=O)C[NH2+]C2CCCCCC2)cc1. The fraction of sp³-hybridized carbons (Fsp3) is 0.562. The maximum atomic E-state index is 12.1. The second kappa shape index (κ2) is 7.29. The number of carbonyl (C=O) groups excluding carboxylic acids is 1. The van der Waals surface area contributed by atoms with Gasteiger partial charge in [0.15, 0.2) is 0 Å². The molecule has 2 rings (SSSR count). The van der Waals surface area contributed by atoms with Crippen LogP contribution in [0, 0.1) is 0 Å². The molecular formula is C16H24NO2+. The molecule has 0 spiro atoms. The number of hydrogen-bond acceptors (Lipinski definition) is 2. The van der Waals surface area contributed by atoms with Gasteiger partial charge in [-0.25, -0.2) is 0 Å². The Bertz CT molecular complexity index is 392. The Morgan fingerprint density at radius 1 is 1.16 bits per heavy atom. The number of nitrogens with two attached hydrogens (primary N) is 1. The number of benzene rings is 1. The molecule has 1 saturated carbocycles. The number of quaternary nitrogens is 1. The molecule has 19 heavy (non-hydrogen) atoms. The Morgan fingerprint density at radius 2 is 1.79 bits per heavy atom. The lowest BCUT2D eigenvalue weighted by molar-refractivity contribution is -0.679. The maximum absolute atomic E-state index is 12.1. The number of rotatable bonds is 5. The fourth-order valence-corrected chi connectivity index (χ4v) is 2.72. The Balaban J connectivity index is 1.82. The van der Waals surface area contributed by atoms with Crippen LogP contribution in [0.1, 0.15) is 48.9 Å². The highest BCUT2D eigenvalue weighted by Crippen LogP contribution is 2.15. The highest BCUT2D eigenvalue weighted by atomic mass is 16.5. The minimum absolute atomic E-state index is 0.215. The molecule has 0 heterocycles. The zero-order valence-corrected chi connectivity index (χ0v) is 11.7. The summed E-state index contributed by atoms with van der Waals surface area (Å²) in [7, 11) is 1.64. The van der Waals surface area contributed by atoms with Crippen LogP contribution in [0.3, 0.4) is 0 Å². The van der Waals surface area contributed by atoms with Crippen molar-refractivity contribution in [3.8, 4) is 5.75 Å². The van der Waals surface area contributed by atoms with E-state index in [9.17, 15) is 4.79 Å². The number of methoxy groups -OCH3 is 1.